The number of hydrogen-bond donors (Lipinski definition) is 8. The predicted molar refractivity (Wildman–Crippen MR) is 129 cm³/mol. The summed E-state index contributed by atoms with van der Waals surface area (Å²) < 4.78 is 0. The highest BCUT2D eigenvalue weighted by atomic mass is 16.4. The first-order chi connectivity index (χ1) is 16.3. The Hall–Kier alpha value is -0.320. The molecule has 0 heterocycles. The van der Waals surface area contributed by atoms with Crippen LogP contribution in [0, 0.1) is 46.3 Å². The topological polar surface area (TPSA) is 162 Å². The van der Waals surface area contributed by atoms with Crippen LogP contribution in [0.3, 0.4) is 0 Å². The van der Waals surface area contributed by atoms with E-state index in [1.165, 1.54) is 0 Å². The molecule has 15 atom stereocenters. The molecule has 8 N–H and O–H groups in total. The highest BCUT2D eigenvalue weighted by Crippen LogP contribution is 2.69. The zero-order valence-corrected chi connectivity index (χ0v) is 21.7. The van der Waals surface area contributed by atoms with Gasteiger partial charge in [-0.05, 0) is 66.6 Å². The second-order valence-corrected chi connectivity index (χ2v) is 13.2. The summed E-state index contributed by atoms with van der Waals surface area (Å²) >= 11 is 0. The Morgan fingerprint density at radius 1 is 0.800 bits per heavy atom. The Morgan fingerprint density at radius 2 is 1.43 bits per heavy atom. The third kappa shape index (κ3) is 3.85. The Morgan fingerprint density at radius 3 is 2.06 bits per heavy atom. The van der Waals surface area contributed by atoms with E-state index < -0.39 is 70.8 Å². The van der Waals surface area contributed by atoms with Gasteiger partial charge in [0, 0.05) is 18.4 Å². The van der Waals surface area contributed by atoms with Crippen LogP contribution in [-0.4, -0.2) is 89.7 Å². The van der Waals surface area contributed by atoms with Crippen molar-refractivity contribution in [3.8, 4) is 0 Å². The Bertz CT molecular complexity index is 765. The fourth-order valence-electron chi connectivity index (χ4n) is 9.61. The fourth-order valence-corrected chi connectivity index (χ4v) is 9.61. The van der Waals surface area contributed by atoms with Gasteiger partial charge in [-0.15, -0.1) is 0 Å². The molecule has 0 aromatic heterocycles. The van der Waals surface area contributed by atoms with Crippen LogP contribution in [0.5, 0.6) is 0 Å². The van der Waals surface area contributed by atoms with Crippen LogP contribution in [0.1, 0.15) is 72.6 Å². The molecule has 0 aromatic rings. The van der Waals surface area contributed by atoms with Crippen molar-refractivity contribution in [2.75, 3.05) is 6.61 Å². The molecule has 4 aliphatic rings. The van der Waals surface area contributed by atoms with Crippen LogP contribution in [0.25, 0.3) is 0 Å². The second kappa shape index (κ2) is 9.45. The second-order valence-electron chi connectivity index (χ2n) is 13.2. The summed E-state index contributed by atoms with van der Waals surface area (Å²) in [6.45, 7) is 8.11. The molecule has 8 nitrogen and oxygen atoms in total. The maximum absolute atomic E-state index is 12.3. The Labute approximate surface area is 209 Å². The van der Waals surface area contributed by atoms with E-state index in [0.29, 0.717) is 25.7 Å². The van der Waals surface area contributed by atoms with Crippen LogP contribution in [0.2, 0.25) is 0 Å². The SMILES string of the molecule is CC(CO)CCCC(C)[C@H]1[C@@H](O)[C@H](O)[C@@H]2[C@]1(C)CC[C@@H]1[C@@]3(C)CC[C@H](O)[C@H](O)[C@@H]3[C@@H](O)[C@H](O)[C@]12O. The number of fused-ring (bicyclic) bond motifs is 5. The van der Waals surface area contributed by atoms with Crippen LogP contribution in [0.4, 0.5) is 0 Å². The standard InChI is InChI=1S/C27H48O8/c1-13(12-28)6-5-7-14(2)17-20(31)22(33)23-26(17,4)11-9-16-25(3)10-8-15(29)19(30)18(25)21(32)24(34)27(16,23)35/h13-24,28-35H,5-12H2,1-4H3/t13?,14?,15-,16+,17-,18+,19-,20+,21+,22-,23+,24-,25+,26+,27-/m0/s1. The third-order valence-electron chi connectivity index (χ3n) is 11.3. The number of rotatable bonds is 6. The van der Waals surface area contributed by atoms with Gasteiger partial charge < -0.3 is 40.9 Å². The average Bonchev–Trinajstić information content (AvgIpc) is 3.00. The van der Waals surface area contributed by atoms with Gasteiger partial charge in [0.1, 0.15) is 11.7 Å². The first-order valence-corrected chi connectivity index (χ1v) is 13.7. The van der Waals surface area contributed by atoms with Gasteiger partial charge in [0.05, 0.1) is 30.5 Å². The first kappa shape index (κ1) is 27.7. The zero-order chi connectivity index (χ0) is 26.1. The molecule has 4 saturated carbocycles. The molecule has 0 radical (unpaired) electrons. The molecule has 0 spiro atoms. The van der Waals surface area contributed by atoms with Gasteiger partial charge in [-0.2, -0.15) is 0 Å². The normalized spacial score (nSPS) is 55.5. The molecule has 4 rings (SSSR count). The van der Waals surface area contributed by atoms with Crippen LogP contribution in [0.15, 0.2) is 0 Å². The quantitative estimate of drug-likeness (QED) is 0.260. The molecule has 4 fully saturated rings. The van der Waals surface area contributed by atoms with Crippen LogP contribution >= 0.6 is 0 Å². The monoisotopic (exact) mass is 500 g/mol. The zero-order valence-electron chi connectivity index (χ0n) is 21.7. The number of hydrogen-bond acceptors (Lipinski definition) is 8. The summed E-state index contributed by atoms with van der Waals surface area (Å²) in [7, 11) is 0. The Balaban J connectivity index is 1.67. The molecule has 0 aromatic carbocycles. The maximum Gasteiger partial charge on any atom is 0.110 e. The minimum atomic E-state index is -1.83. The van der Waals surface area contributed by atoms with E-state index in [-0.39, 0.29) is 24.4 Å². The van der Waals surface area contributed by atoms with Gasteiger partial charge in [0.25, 0.3) is 0 Å². The van der Waals surface area contributed by atoms with Gasteiger partial charge >= 0.3 is 0 Å². The summed E-state index contributed by atoms with van der Waals surface area (Å²) in [5, 5.41) is 88.0. The molecule has 0 bridgehead atoms. The summed E-state index contributed by atoms with van der Waals surface area (Å²) in [6.07, 6.45) is -3.02. The average molecular weight is 501 g/mol. The van der Waals surface area contributed by atoms with Gasteiger partial charge in [-0.25, -0.2) is 0 Å². The lowest BCUT2D eigenvalue weighted by Crippen LogP contribution is -2.76. The lowest BCUT2D eigenvalue weighted by Gasteiger charge is -2.67. The highest BCUT2D eigenvalue weighted by molar-refractivity contribution is 5.25. The lowest BCUT2D eigenvalue weighted by molar-refractivity contribution is -0.322. The maximum atomic E-state index is 12.3. The molecule has 8 heteroatoms. The molecule has 204 valence electrons. The molecular weight excluding hydrogens is 452 g/mol. The first-order valence-electron chi connectivity index (χ1n) is 13.7. The number of aliphatic hydroxyl groups excluding tert-OH is 7. The van der Waals surface area contributed by atoms with Crippen LogP contribution < -0.4 is 0 Å². The van der Waals surface area contributed by atoms with Crippen molar-refractivity contribution in [1.29, 1.82) is 0 Å². The Kier molecular flexibility index (Phi) is 7.48. The van der Waals surface area contributed by atoms with Crippen molar-refractivity contribution in [2.24, 2.45) is 46.3 Å². The van der Waals surface area contributed by atoms with E-state index in [9.17, 15) is 40.9 Å². The van der Waals surface area contributed by atoms with Crippen molar-refractivity contribution in [1.82, 2.24) is 0 Å². The molecular formula is C27H48O8. The van der Waals surface area contributed by atoms with Crippen molar-refractivity contribution >= 4 is 0 Å². The van der Waals surface area contributed by atoms with E-state index in [4.69, 9.17) is 0 Å². The van der Waals surface area contributed by atoms with E-state index in [1.54, 1.807) is 0 Å². The van der Waals surface area contributed by atoms with Crippen molar-refractivity contribution in [2.45, 2.75) is 115 Å². The summed E-state index contributed by atoms with van der Waals surface area (Å²) in [5.41, 5.74) is -3.22. The molecule has 35 heavy (non-hydrogen) atoms. The fraction of sp³-hybridized carbons (Fsp3) is 1.00. The smallest absolute Gasteiger partial charge is 0.110 e. The minimum absolute atomic E-state index is 0.0568. The largest absolute Gasteiger partial charge is 0.396 e. The summed E-state index contributed by atoms with van der Waals surface area (Å²) in [4.78, 5) is 0. The van der Waals surface area contributed by atoms with E-state index >= 15 is 0 Å². The van der Waals surface area contributed by atoms with Gasteiger partial charge in [-0.3, -0.25) is 0 Å². The molecule has 0 amide bonds. The van der Waals surface area contributed by atoms with Crippen molar-refractivity contribution in [3.05, 3.63) is 0 Å². The molecule has 0 aliphatic heterocycles. The van der Waals surface area contributed by atoms with Crippen LogP contribution in [-0.2, 0) is 0 Å². The van der Waals surface area contributed by atoms with Crippen molar-refractivity contribution < 1.29 is 40.9 Å². The third-order valence-corrected chi connectivity index (χ3v) is 11.3. The molecule has 0 saturated heterocycles. The molecule has 4 aliphatic carbocycles. The van der Waals surface area contributed by atoms with Crippen molar-refractivity contribution in [3.63, 3.8) is 0 Å². The van der Waals surface area contributed by atoms with Gasteiger partial charge in [-0.1, -0.05) is 40.5 Å². The molecule has 2 unspecified atom stereocenters. The highest BCUT2D eigenvalue weighted by Gasteiger charge is 2.76. The summed E-state index contributed by atoms with van der Waals surface area (Å²) in [5.74, 6) is -2.15. The van der Waals surface area contributed by atoms with Gasteiger partial charge in [0.15, 0.2) is 0 Å². The summed E-state index contributed by atoms with van der Waals surface area (Å²) in [6, 6.07) is 0. The van der Waals surface area contributed by atoms with Gasteiger partial charge in [0.2, 0.25) is 0 Å². The van der Waals surface area contributed by atoms with E-state index in [0.717, 1.165) is 19.3 Å². The van der Waals surface area contributed by atoms with E-state index in [2.05, 4.69) is 6.92 Å². The number of aliphatic hydroxyl groups is 8. The predicted octanol–water partition coefficient (Wildman–Crippen LogP) is 0.410. The van der Waals surface area contributed by atoms with E-state index in [1.807, 2.05) is 20.8 Å². The minimum Gasteiger partial charge on any atom is -0.396 e. The lowest BCUT2D eigenvalue weighted by atomic mass is 9.40.